The maximum absolute atomic E-state index is 12.0. The summed E-state index contributed by atoms with van der Waals surface area (Å²) in [6.45, 7) is 7.46. The molecular formula is C15H26N4O. The van der Waals surface area contributed by atoms with E-state index in [0.717, 1.165) is 19.6 Å². The Balaban J connectivity index is 1.42. The topological polar surface area (TPSA) is 47.6 Å². The zero-order valence-electron chi connectivity index (χ0n) is 12.4. The van der Waals surface area contributed by atoms with Gasteiger partial charge in [0.05, 0.1) is 0 Å². The molecule has 2 heterocycles. The first kappa shape index (κ1) is 14.0. The van der Waals surface area contributed by atoms with Crippen LogP contribution in [0.5, 0.6) is 0 Å². The van der Waals surface area contributed by atoms with Gasteiger partial charge in [-0.05, 0) is 19.9 Å². The standard InChI is InChI=1S/C15H26N4O/c1-18-7-9-19(10-8-18)12-15(4-5-15)11-17-14(20)13-3-2-6-16-13/h2-3,13,16H,4-12H2,1H3,(H,17,20). The highest BCUT2D eigenvalue weighted by Crippen LogP contribution is 2.45. The van der Waals surface area contributed by atoms with Crippen molar-refractivity contribution in [1.29, 1.82) is 0 Å². The molecule has 0 aromatic heterocycles. The molecule has 3 rings (SSSR count). The van der Waals surface area contributed by atoms with Crippen LogP contribution in [0.15, 0.2) is 12.2 Å². The third kappa shape index (κ3) is 3.40. The molecule has 112 valence electrons. The molecular weight excluding hydrogens is 252 g/mol. The molecule has 5 nitrogen and oxygen atoms in total. The van der Waals surface area contributed by atoms with Gasteiger partial charge in [-0.25, -0.2) is 0 Å². The number of nitrogens with zero attached hydrogens (tertiary/aromatic N) is 2. The number of hydrogen-bond donors (Lipinski definition) is 2. The SMILES string of the molecule is CN1CCN(CC2(CNC(=O)C3C=CCN3)CC2)CC1. The summed E-state index contributed by atoms with van der Waals surface area (Å²) in [7, 11) is 2.19. The molecule has 1 atom stereocenters. The normalized spacial score (nSPS) is 29.6. The van der Waals surface area contributed by atoms with Gasteiger partial charge < -0.3 is 15.1 Å². The number of likely N-dealkylation sites (N-methyl/N-ethyl adjacent to an activating group) is 1. The van der Waals surface area contributed by atoms with E-state index >= 15 is 0 Å². The molecule has 1 amide bonds. The maximum atomic E-state index is 12.0. The van der Waals surface area contributed by atoms with Crippen molar-refractivity contribution in [2.45, 2.75) is 18.9 Å². The van der Waals surface area contributed by atoms with Crippen molar-refractivity contribution >= 4 is 5.91 Å². The van der Waals surface area contributed by atoms with Crippen LogP contribution in [0.2, 0.25) is 0 Å². The lowest BCUT2D eigenvalue weighted by atomic mass is 10.1. The van der Waals surface area contributed by atoms with Crippen LogP contribution in [0.4, 0.5) is 0 Å². The minimum atomic E-state index is -0.116. The van der Waals surface area contributed by atoms with Crippen molar-refractivity contribution in [3.63, 3.8) is 0 Å². The summed E-state index contributed by atoms with van der Waals surface area (Å²) in [5, 5.41) is 6.30. The molecule has 0 aromatic rings. The smallest absolute Gasteiger partial charge is 0.241 e. The van der Waals surface area contributed by atoms with Crippen molar-refractivity contribution in [2.75, 3.05) is 52.9 Å². The summed E-state index contributed by atoms with van der Waals surface area (Å²) >= 11 is 0. The Labute approximate surface area is 121 Å². The number of carbonyl (C=O) groups excluding carboxylic acids is 1. The summed E-state index contributed by atoms with van der Waals surface area (Å²) in [4.78, 5) is 17.0. The van der Waals surface area contributed by atoms with E-state index in [0.29, 0.717) is 5.41 Å². The number of piperazine rings is 1. The van der Waals surface area contributed by atoms with Gasteiger partial charge in [-0.3, -0.25) is 10.1 Å². The van der Waals surface area contributed by atoms with E-state index in [9.17, 15) is 4.79 Å². The Morgan fingerprint density at radius 2 is 2.10 bits per heavy atom. The molecule has 5 heteroatoms. The van der Waals surface area contributed by atoms with Gasteiger partial charge in [0.15, 0.2) is 0 Å². The number of rotatable bonds is 5. The quantitative estimate of drug-likeness (QED) is 0.676. The molecule has 1 unspecified atom stereocenters. The summed E-state index contributed by atoms with van der Waals surface area (Å²) in [6.07, 6.45) is 6.48. The van der Waals surface area contributed by atoms with Gasteiger partial charge in [-0.2, -0.15) is 0 Å². The summed E-state index contributed by atoms with van der Waals surface area (Å²) in [5.41, 5.74) is 0.355. The lowest BCUT2D eigenvalue weighted by Gasteiger charge is -2.35. The van der Waals surface area contributed by atoms with E-state index in [1.54, 1.807) is 0 Å². The largest absolute Gasteiger partial charge is 0.354 e. The second-order valence-electron chi connectivity index (χ2n) is 6.61. The highest BCUT2D eigenvalue weighted by atomic mass is 16.2. The van der Waals surface area contributed by atoms with E-state index in [2.05, 4.69) is 27.5 Å². The number of hydrogen-bond acceptors (Lipinski definition) is 4. The second kappa shape index (κ2) is 5.84. The first-order valence-corrected chi connectivity index (χ1v) is 7.76. The van der Waals surface area contributed by atoms with Gasteiger partial charge in [0.2, 0.25) is 5.91 Å². The average molecular weight is 278 g/mol. The summed E-state index contributed by atoms with van der Waals surface area (Å²) in [6, 6.07) is -0.116. The zero-order valence-corrected chi connectivity index (χ0v) is 12.4. The van der Waals surface area contributed by atoms with Crippen LogP contribution in [-0.4, -0.2) is 74.6 Å². The van der Waals surface area contributed by atoms with Crippen LogP contribution in [0, 0.1) is 5.41 Å². The summed E-state index contributed by atoms with van der Waals surface area (Å²) < 4.78 is 0. The van der Waals surface area contributed by atoms with Gasteiger partial charge in [0.25, 0.3) is 0 Å². The first-order valence-electron chi connectivity index (χ1n) is 7.76. The highest BCUT2D eigenvalue weighted by molar-refractivity contribution is 5.84. The van der Waals surface area contributed by atoms with Crippen LogP contribution in [0.1, 0.15) is 12.8 Å². The van der Waals surface area contributed by atoms with Crippen LogP contribution in [-0.2, 0) is 4.79 Å². The number of nitrogens with one attached hydrogen (secondary N) is 2. The van der Waals surface area contributed by atoms with E-state index < -0.39 is 0 Å². The fourth-order valence-corrected chi connectivity index (χ4v) is 3.08. The minimum absolute atomic E-state index is 0.116. The van der Waals surface area contributed by atoms with Gasteiger partial charge in [0, 0.05) is 51.2 Å². The van der Waals surface area contributed by atoms with E-state index in [4.69, 9.17) is 0 Å². The average Bonchev–Trinajstić information content (AvgIpc) is 3.00. The second-order valence-corrected chi connectivity index (χ2v) is 6.61. The van der Waals surface area contributed by atoms with Gasteiger partial charge in [0.1, 0.15) is 6.04 Å². The fraction of sp³-hybridized carbons (Fsp3) is 0.800. The maximum Gasteiger partial charge on any atom is 0.241 e. The molecule has 2 fully saturated rings. The van der Waals surface area contributed by atoms with E-state index in [-0.39, 0.29) is 11.9 Å². The first-order chi connectivity index (χ1) is 9.67. The van der Waals surface area contributed by atoms with Crippen LogP contribution < -0.4 is 10.6 Å². The van der Waals surface area contributed by atoms with Crippen molar-refractivity contribution in [3.8, 4) is 0 Å². The molecule has 0 spiro atoms. The number of carbonyl (C=O) groups is 1. The molecule has 20 heavy (non-hydrogen) atoms. The fourth-order valence-electron chi connectivity index (χ4n) is 3.08. The van der Waals surface area contributed by atoms with Crippen molar-refractivity contribution in [3.05, 3.63) is 12.2 Å². The molecule has 2 aliphatic heterocycles. The predicted molar refractivity (Wildman–Crippen MR) is 79.5 cm³/mol. The molecule has 0 bridgehead atoms. The lowest BCUT2D eigenvalue weighted by Crippen LogP contribution is -2.49. The zero-order chi connectivity index (χ0) is 14.0. The van der Waals surface area contributed by atoms with Gasteiger partial charge in [-0.15, -0.1) is 0 Å². The molecule has 3 aliphatic rings. The molecule has 1 saturated heterocycles. The monoisotopic (exact) mass is 278 g/mol. The Morgan fingerprint density at radius 3 is 2.70 bits per heavy atom. The molecule has 1 aliphatic carbocycles. The summed E-state index contributed by atoms with van der Waals surface area (Å²) in [5.74, 6) is 0.128. The van der Waals surface area contributed by atoms with E-state index in [1.807, 2.05) is 12.2 Å². The third-order valence-corrected chi connectivity index (χ3v) is 4.82. The van der Waals surface area contributed by atoms with Crippen LogP contribution in [0.25, 0.3) is 0 Å². The Kier molecular flexibility index (Phi) is 4.10. The third-order valence-electron chi connectivity index (χ3n) is 4.82. The predicted octanol–water partition coefficient (Wildman–Crippen LogP) is -0.342. The Bertz CT molecular complexity index is 383. The van der Waals surface area contributed by atoms with E-state index in [1.165, 1.54) is 39.0 Å². The molecule has 2 N–H and O–H groups in total. The minimum Gasteiger partial charge on any atom is -0.354 e. The van der Waals surface area contributed by atoms with Gasteiger partial charge >= 0.3 is 0 Å². The lowest BCUT2D eigenvalue weighted by molar-refractivity contribution is -0.122. The van der Waals surface area contributed by atoms with Crippen molar-refractivity contribution in [1.82, 2.24) is 20.4 Å². The number of amides is 1. The van der Waals surface area contributed by atoms with Crippen LogP contribution >= 0.6 is 0 Å². The van der Waals surface area contributed by atoms with Crippen molar-refractivity contribution < 1.29 is 4.79 Å². The highest BCUT2D eigenvalue weighted by Gasteiger charge is 2.44. The van der Waals surface area contributed by atoms with Gasteiger partial charge in [-0.1, -0.05) is 12.2 Å². The Hall–Kier alpha value is -0.910. The Morgan fingerprint density at radius 1 is 1.35 bits per heavy atom. The van der Waals surface area contributed by atoms with Crippen molar-refractivity contribution in [2.24, 2.45) is 5.41 Å². The molecule has 0 aromatic carbocycles. The van der Waals surface area contributed by atoms with Crippen LogP contribution in [0.3, 0.4) is 0 Å². The molecule has 0 radical (unpaired) electrons. The molecule has 1 saturated carbocycles.